The lowest BCUT2D eigenvalue weighted by Gasteiger charge is -2.27. The van der Waals surface area contributed by atoms with Crippen LogP contribution >= 0.6 is 11.8 Å². The number of anilines is 1. The first kappa shape index (κ1) is 12.7. The fourth-order valence-electron chi connectivity index (χ4n) is 1.85. The predicted octanol–water partition coefficient (Wildman–Crippen LogP) is 1.64. The minimum absolute atomic E-state index is 0.530. The van der Waals surface area contributed by atoms with Crippen molar-refractivity contribution < 1.29 is 4.74 Å². The van der Waals surface area contributed by atoms with E-state index in [1.54, 1.807) is 11.8 Å². The number of hydrogen-bond donors (Lipinski definition) is 0. The fourth-order valence-corrected chi connectivity index (χ4v) is 2.70. The van der Waals surface area contributed by atoms with Crippen LogP contribution in [0.5, 0.6) is 0 Å². The number of morpholine rings is 1. The smallest absolute Gasteiger partial charge is 0.228 e. The topological polar surface area (TPSA) is 43.2 Å². The van der Waals surface area contributed by atoms with Crippen LogP contribution in [0.1, 0.15) is 20.8 Å². The van der Waals surface area contributed by atoms with Gasteiger partial charge in [-0.3, -0.25) is 4.57 Å². The van der Waals surface area contributed by atoms with Crippen LogP contribution in [-0.4, -0.2) is 46.3 Å². The van der Waals surface area contributed by atoms with E-state index in [1.807, 2.05) is 0 Å². The van der Waals surface area contributed by atoms with Crippen LogP contribution in [0.25, 0.3) is 0 Å². The normalized spacial score (nSPS) is 16.8. The Labute approximate surface area is 107 Å². The highest BCUT2D eigenvalue weighted by molar-refractivity contribution is 7.99. The van der Waals surface area contributed by atoms with Gasteiger partial charge >= 0.3 is 0 Å². The first-order chi connectivity index (χ1) is 8.22. The number of thioether (sulfide) groups is 1. The third-order valence-corrected chi connectivity index (χ3v) is 3.63. The molecular formula is C11H20N4OS. The van der Waals surface area contributed by atoms with Crippen molar-refractivity contribution in [3.63, 3.8) is 0 Å². The van der Waals surface area contributed by atoms with Gasteiger partial charge in [0.1, 0.15) is 0 Å². The number of nitrogens with zero attached hydrogens (tertiary/aromatic N) is 4. The summed E-state index contributed by atoms with van der Waals surface area (Å²) in [4.78, 5) is 2.25. The van der Waals surface area contributed by atoms with Crippen LogP contribution in [-0.2, 0) is 11.3 Å². The van der Waals surface area contributed by atoms with E-state index in [0.717, 1.165) is 44.0 Å². The molecule has 6 heteroatoms. The highest BCUT2D eigenvalue weighted by Crippen LogP contribution is 2.25. The van der Waals surface area contributed by atoms with Gasteiger partial charge in [0.2, 0.25) is 5.95 Å². The molecule has 0 saturated carbocycles. The van der Waals surface area contributed by atoms with Gasteiger partial charge in [0.05, 0.1) is 13.2 Å². The van der Waals surface area contributed by atoms with Gasteiger partial charge in [-0.15, -0.1) is 10.2 Å². The molecule has 5 nitrogen and oxygen atoms in total. The summed E-state index contributed by atoms with van der Waals surface area (Å²) in [7, 11) is 0. The van der Waals surface area contributed by atoms with Gasteiger partial charge in [0, 0.05) is 24.9 Å². The molecule has 1 aliphatic heterocycles. The van der Waals surface area contributed by atoms with E-state index in [-0.39, 0.29) is 0 Å². The predicted molar refractivity (Wildman–Crippen MR) is 69.7 cm³/mol. The average molecular weight is 256 g/mol. The first-order valence-electron chi connectivity index (χ1n) is 6.15. The lowest BCUT2D eigenvalue weighted by atomic mass is 10.4. The molecule has 0 N–H and O–H groups in total. The highest BCUT2D eigenvalue weighted by atomic mass is 32.2. The van der Waals surface area contributed by atoms with Crippen molar-refractivity contribution in [1.29, 1.82) is 0 Å². The molecule has 1 aliphatic rings. The van der Waals surface area contributed by atoms with Gasteiger partial charge in [0.15, 0.2) is 5.16 Å². The number of rotatable bonds is 4. The summed E-state index contributed by atoms with van der Waals surface area (Å²) in [5.41, 5.74) is 0. The van der Waals surface area contributed by atoms with E-state index in [0.29, 0.717) is 5.25 Å². The van der Waals surface area contributed by atoms with Crippen molar-refractivity contribution in [3.8, 4) is 0 Å². The summed E-state index contributed by atoms with van der Waals surface area (Å²) in [6, 6.07) is 0. The molecule has 0 bridgehead atoms. The van der Waals surface area contributed by atoms with Crippen LogP contribution in [0.2, 0.25) is 0 Å². The fraction of sp³-hybridized carbons (Fsp3) is 0.818. The van der Waals surface area contributed by atoms with E-state index in [9.17, 15) is 0 Å². The molecule has 1 aromatic rings. The van der Waals surface area contributed by atoms with Crippen LogP contribution in [0.4, 0.5) is 5.95 Å². The van der Waals surface area contributed by atoms with Crippen molar-refractivity contribution in [1.82, 2.24) is 14.8 Å². The van der Waals surface area contributed by atoms with Crippen LogP contribution in [0, 0.1) is 0 Å². The van der Waals surface area contributed by atoms with Crippen LogP contribution in [0.15, 0.2) is 5.16 Å². The zero-order valence-electron chi connectivity index (χ0n) is 10.7. The number of hydrogen-bond acceptors (Lipinski definition) is 5. The van der Waals surface area contributed by atoms with Crippen molar-refractivity contribution in [2.24, 2.45) is 0 Å². The molecule has 17 heavy (non-hydrogen) atoms. The Bertz CT molecular complexity index is 360. The maximum absolute atomic E-state index is 5.36. The van der Waals surface area contributed by atoms with Gasteiger partial charge in [-0.1, -0.05) is 25.6 Å². The minimum Gasteiger partial charge on any atom is -0.378 e. The largest absolute Gasteiger partial charge is 0.378 e. The van der Waals surface area contributed by atoms with Gasteiger partial charge in [0.25, 0.3) is 0 Å². The average Bonchev–Trinajstić information content (AvgIpc) is 2.72. The van der Waals surface area contributed by atoms with Crippen LogP contribution < -0.4 is 4.90 Å². The maximum atomic E-state index is 5.36. The van der Waals surface area contributed by atoms with E-state index < -0.39 is 0 Å². The zero-order valence-corrected chi connectivity index (χ0v) is 11.5. The van der Waals surface area contributed by atoms with Gasteiger partial charge in [-0.2, -0.15) is 0 Å². The summed E-state index contributed by atoms with van der Waals surface area (Å²) in [6.45, 7) is 10.8. The van der Waals surface area contributed by atoms with Crippen molar-refractivity contribution in [2.45, 2.75) is 37.7 Å². The Hall–Kier alpha value is -0.750. The second kappa shape index (κ2) is 5.73. The van der Waals surface area contributed by atoms with Gasteiger partial charge < -0.3 is 9.64 Å². The lowest BCUT2D eigenvalue weighted by Crippen LogP contribution is -2.38. The summed E-state index contributed by atoms with van der Waals surface area (Å²) in [6.07, 6.45) is 0. The Morgan fingerprint density at radius 3 is 2.59 bits per heavy atom. The molecule has 1 saturated heterocycles. The molecule has 2 heterocycles. The summed E-state index contributed by atoms with van der Waals surface area (Å²) >= 11 is 1.77. The Morgan fingerprint density at radius 2 is 2.00 bits per heavy atom. The molecule has 0 atom stereocenters. The quantitative estimate of drug-likeness (QED) is 0.766. The third kappa shape index (κ3) is 2.93. The first-order valence-corrected chi connectivity index (χ1v) is 7.03. The van der Waals surface area contributed by atoms with Gasteiger partial charge in [-0.05, 0) is 6.92 Å². The van der Waals surface area contributed by atoms with Crippen molar-refractivity contribution >= 4 is 17.7 Å². The zero-order chi connectivity index (χ0) is 12.3. The van der Waals surface area contributed by atoms with Crippen LogP contribution in [0.3, 0.4) is 0 Å². The van der Waals surface area contributed by atoms with E-state index in [4.69, 9.17) is 4.74 Å². The SMILES string of the molecule is CCn1c(SC(C)C)nnc1N1CCOCC1. The Kier molecular flexibility index (Phi) is 4.28. The van der Waals surface area contributed by atoms with Crippen molar-refractivity contribution in [2.75, 3.05) is 31.2 Å². The molecule has 0 spiro atoms. The molecule has 0 amide bonds. The second-order valence-corrected chi connectivity index (χ2v) is 5.84. The number of ether oxygens (including phenoxy) is 1. The molecule has 0 aromatic carbocycles. The molecule has 96 valence electrons. The standard InChI is InChI=1S/C11H20N4OS/c1-4-15-10(14-5-7-16-8-6-14)12-13-11(15)17-9(2)3/h9H,4-8H2,1-3H3. The van der Waals surface area contributed by atoms with E-state index in [1.165, 1.54) is 0 Å². The molecule has 1 fully saturated rings. The van der Waals surface area contributed by atoms with Gasteiger partial charge in [-0.25, -0.2) is 0 Å². The molecule has 1 aromatic heterocycles. The third-order valence-electron chi connectivity index (χ3n) is 2.65. The molecule has 2 rings (SSSR count). The summed E-state index contributed by atoms with van der Waals surface area (Å²) in [5.74, 6) is 0.985. The second-order valence-electron chi connectivity index (χ2n) is 4.29. The summed E-state index contributed by atoms with van der Waals surface area (Å²) in [5, 5.41) is 10.2. The molecular weight excluding hydrogens is 236 g/mol. The summed E-state index contributed by atoms with van der Waals surface area (Å²) < 4.78 is 7.55. The van der Waals surface area contributed by atoms with E-state index >= 15 is 0 Å². The molecule has 0 radical (unpaired) electrons. The Morgan fingerprint density at radius 1 is 1.29 bits per heavy atom. The highest BCUT2D eigenvalue weighted by Gasteiger charge is 2.19. The van der Waals surface area contributed by atoms with E-state index in [2.05, 4.69) is 40.4 Å². The monoisotopic (exact) mass is 256 g/mol. The number of aromatic nitrogens is 3. The maximum Gasteiger partial charge on any atom is 0.228 e. The molecule has 0 aliphatic carbocycles. The van der Waals surface area contributed by atoms with Crippen molar-refractivity contribution in [3.05, 3.63) is 0 Å². The lowest BCUT2D eigenvalue weighted by molar-refractivity contribution is 0.121. The minimum atomic E-state index is 0.530. The molecule has 0 unspecified atom stereocenters. The Balaban J connectivity index is 2.18.